The van der Waals surface area contributed by atoms with E-state index in [0.717, 1.165) is 11.1 Å². The molecule has 3 aromatic rings. The normalized spacial score (nSPS) is 11.6. The number of nitrogens with zero attached hydrogens (tertiary/aromatic N) is 1. The van der Waals surface area contributed by atoms with Crippen molar-refractivity contribution in [3.8, 4) is 0 Å². The fraction of sp³-hybridized carbons (Fsp3) is 0.231. The molecular weight excluding hydrogens is 494 g/mol. The Balaban J connectivity index is 1.84. The average Bonchev–Trinajstić information content (AvgIpc) is 2.84. The molecule has 2 amide bonds. The van der Waals surface area contributed by atoms with Crippen LogP contribution in [-0.4, -0.2) is 35.6 Å². The number of rotatable bonds is 10. The summed E-state index contributed by atoms with van der Waals surface area (Å²) in [6.07, 6.45) is 0.307. The van der Waals surface area contributed by atoms with Gasteiger partial charge in [0.15, 0.2) is 0 Å². The highest BCUT2D eigenvalue weighted by Gasteiger charge is 2.30. The Bertz CT molecular complexity index is 1110. The number of carbonyl (C=O) groups excluding carboxylic acids is 2. The average molecular weight is 519 g/mol. The van der Waals surface area contributed by atoms with Gasteiger partial charge in [-0.3, -0.25) is 9.59 Å². The predicted octanol–water partition coefficient (Wildman–Crippen LogP) is 5.75. The van der Waals surface area contributed by atoms with Crippen molar-refractivity contribution >= 4 is 46.8 Å². The van der Waals surface area contributed by atoms with Crippen LogP contribution in [0, 0.1) is 5.82 Å². The smallest absolute Gasteiger partial charge is 0.242 e. The van der Waals surface area contributed by atoms with E-state index in [0.29, 0.717) is 27.8 Å². The lowest BCUT2D eigenvalue weighted by Crippen LogP contribution is -2.50. The summed E-state index contributed by atoms with van der Waals surface area (Å²) in [7, 11) is 1.53. The van der Waals surface area contributed by atoms with Crippen LogP contribution in [0.2, 0.25) is 10.0 Å². The molecular formula is C26H25Cl2FN2O2S. The van der Waals surface area contributed by atoms with Crippen molar-refractivity contribution in [2.45, 2.75) is 24.8 Å². The van der Waals surface area contributed by atoms with Gasteiger partial charge in [-0.2, -0.15) is 0 Å². The maximum atomic E-state index is 14.5. The number of thioether (sulfide) groups is 1. The monoisotopic (exact) mass is 518 g/mol. The Kier molecular flexibility index (Phi) is 9.81. The Hall–Kier alpha value is -2.54. The van der Waals surface area contributed by atoms with Gasteiger partial charge in [0.25, 0.3) is 0 Å². The minimum Gasteiger partial charge on any atom is -0.357 e. The predicted molar refractivity (Wildman–Crippen MR) is 138 cm³/mol. The van der Waals surface area contributed by atoms with E-state index in [1.165, 1.54) is 29.8 Å². The summed E-state index contributed by atoms with van der Waals surface area (Å²) in [5.41, 5.74) is 1.99. The number of halogens is 3. The molecule has 8 heteroatoms. The second-order valence-corrected chi connectivity index (χ2v) is 9.43. The molecule has 0 unspecified atom stereocenters. The van der Waals surface area contributed by atoms with Crippen LogP contribution in [0.5, 0.6) is 0 Å². The van der Waals surface area contributed by atoms with Gasteiger partial charge in [-0.05, 0) is 29.3 Å². The maximum absolute atomic E-state index is 14.5. The molecule has 0 bridgehead atoms. The van der Waals surface area contributed by atoms with Crippen molar-refractivity contribution in [1.29, 1.82) is 0 Å². The number of amides is 2. The van der Waals surface area contributed by atoms with E-state index in [1.807, 2.05) is 30.3 Å². The van der Waals surface area contributed by atoms with E-state index in [2.05, 4.69) is 5.32 Å². The zero-order valence-corrected chi connectivity index (χ0v) is 21.0. The van der Waals surface area contributed by atoms with Crippen LogP contribution in [0.15, 0.2) is 72.8 Å². The Labute approximate surface area is 213 Å². The largest absolute Gasteiger partial charge is 0.357 e. The Morgan fingerprint density at radius 1 is 0.971 bits per heavy atom. The van der Waals surface area contributed by atoms with Crippen LogP contribution in [0.1, 0.15) is 16.7 Å². The summed E-state index contributed by atoms with van der Waals surface area (Å²) in [5, 5.41) is 3.71. The minimum atomic E-state index is -0.802. The summed E-state index contributed by atoms with van der Waals surface area (Å²) in [4.78, 5) is 27.7. The first kappa shape index (κ1) is 26.1. The van der Waals surface area contributed by atoms with Crippen LogP contribution >= 0.6 is 35.0 Å². The van der Waals surface area contributed by atoms with E-state index < -0.39 is 11.9 Å². The van der Waals surface area contributed by atoms with E-state index in [1.54, 1.807) is 36.4 Å². The first-order chi connectivity index (χ1) is 16.4. The van der Waals surface area contributed by atoms with Gasteiger partial charge in [0.05, 0.1) is 5.75 Å². The second kappa shape index (κ2) is 12.8. The molecule has 3 aromatic carbocycles. The minimum absolute atomic E-state index is 0.0240. The topological polar surface area (TPSA) is 49.4 Å². The quantitative estimate of drug-likeness (QED) is 0.371. The first-order valence-electron chi connectivity index (χ1n) is 10.7. The molecule has 1 N–H and O–H groups in total. The van der Waals surface area contributed by atoms with Crippen LogP contribution in [0.3, 0.4) is 0 Å². The SMILES string of the molecule is CNC(=O)[C@@H](Cc1ccccc1)N(Cc1ccccc1F)C(=O)CSCc1c(Cl)cccc1Cl. The van der Waals surface area contributed by atoms with Crippen molar-refractivity contribution < 1.29 is 14.0 Å². The zero-order valence-electron chi connectivity index (χ0n) is 18.6. The zero-order chi connectivity index (χ0) is 24.5. The summed E-state index contributed by atoms with van der Waals surface area (Å²) < 4.78 is 14.5. The van der Waals surface area contributed by atoms with Crippen molar-refractivity contribution in [2.75, 3.05) is 12.8 Å². The van der Waals surface area contributed by atoms with Gasteiger partial charge in [0.2, 0.25) is 11.8 Å². The number of likely N-dealkylation sites (N-methyl/N-ethyl adjacent to an activating group) is 1. The molecule has 0 radical (unpaired) electrons. The number of hydrogen-bond donors (Lipinski definition) is 1. The second-order valence-electron chi connectivity index (χ2n) is 7.63. The molecule has 0 saturated carbocycles. The highest BCUT2D eigenvalue weighted by atomic mass is 35.5. The van der Waals surface area contributed by atoms with E-state index in [9.17, 15) is 14.0 Å². The molecule has 3 rings (SSSR count). The summed E-state index contributed by atoms with van der Waals surface area (Å²) >= 11 is 13.8. The van der Waals surface area contributed by atoms with Gasteiger partial charge in [0, 0.05) is 41.4 Å². The highest BCUT2D eigenvalue weighted by molar-refractivity contribution is 7.99. The van der Waals surface area contributed by atoms with Gasteiger partial charge >= 0.3 is 0 Å². The Morgan fingerprint density at radius 2 is 1.62 bits per heavy atom. The first-order valence-corrected chi connectivity index (χ1v) is 12.6. The molecule has 0 fully saturated rings. The molecule has 0 aliphatic rings. The van der Waals surface area contributed by atoms with Crippen LogP contribution in [0.25, 0.3) is 0 Å². The molecule has 34 heavy (non-hydrogen) atoms. The van der Waals surface area contributed by atoms with Crippen LogP contribution in [-0.2, 0) is 28.3 Å². The van der Waals surface area contributed by atoms with Gasteiger partial charge < -0.3 is 10.2 Å². The molecule has 0 aliphatic heterocycles. The molecule has 0 spiro atoms. The van der Waals surface area contributed by atoms with Gasteiger partial charge in [0.1, 0.15) is 11.9 Å². The molecule has 0 aliphatic carbocycles. The maximum Gasteiger partial charge on any atom is 0.242 e. The summed E-state index contributed by atoms with van der Waals surface area (Å²) in [6.45, 7) is -0.0240. The van der Waals surface area contributed by atoms with E-state index >= 15 is 0 Å². The molecule has 0 heterocycles. The van der Waals surface area contributed by atoms with Gasteiger partial charge in [-0.1, -0.05) is 77.8 Å². The lowest BCUT2D eigenvalue weighted by Gasteiger charge is -2.31. The van der Waals surface area contributed by atoms with Crippen molar-refractivity contribution in [1.82, 2.24) is 10.2 Å². The lowest BCUT2D eigenvalue weighted by molar-refractivity contribution is -0.139. The fourth-order valence-electron chi connectivity index (χ4n) is 3.52. The fourth-order valence-corrected chi connectivity index (χ4v) is 5.17. The van der Waals surface area contributed by atoms with Crippen LogP contribution in [0.4, 0.5) is 4.39 Å². The molecule has 0 aromatic heterocycles. The third-order valence-corrected chi connectivity index (χ3v) is 7.00. The van der Waals surface area contributed by atoms with Crippen LogP contribution < -0.4 is 5.32 Å². The van der Waals surface area contributed by atoms with E-state index in [4.69, 9.17) is 23.2 Å². The molecule has 4 nitrogen and oxygen atoms in total. The van der Waals surface area contributed by atoms with Crippen molar-refractivity contribution in [3.05, 3.63) is 105 Å². The number of benzene rings is 3. The third kappa shape index (κ3) is 6.98. The third-order valence-electron chi connectivity index (χ3n) is 5.35. The molecule has 178 valence electrons. The van der Waals surface area contributed by atoms with E-state index in [-0.39, 0.29) is 24.1 Å². The van der Waals surface area contributed by atoms with Crippen molar-refractivity contribution in [3.63, 3.8) is 0 Å². The highest BCUT2D eigenvalue weighted by Crippen LogP contribution is 2.28. The number of hydrogen-bond acceptors (Lipinski definition) is 3. The van der Waals surface area contributed by atoms with Gasteiger partial charge in [-0.25, -0.2) is 4.39 Å². The lowest BCUT2D eigenvalue weighted by atomic mass is 10.0. The number of nitrogens with one attached hydrogen (secondary N) is 1. The van der Waals surface area contributed by atoms with Gasteiger partial charge in [-0.15, -0.1) is 11.8 Å². The summed E-state index contributed by atoms with van der Waals surface area (Å²) in [5.74, 6) is -0.501. The summed E-state index contributed by atoms with van der Waals surface area (Å²) in [6, 6.07) is 20.2. The number of carbonyl (C=O) groups is 2. The standard InChI is InChI=1S/C26H25Cl2FN2O2S/c1-30-26(33)24(14-18-8-3-2-4-9-18)31(15-19-10-5-6-13-23(19)29)25(32)17-34-16-20-21(27)11-7-12-22(20)28/h2-13,24H,14-17H2,1H3,(H,30,33)/t24-/m1/s1. The molecule has 1 atom stereocenters. The molecule has 0 saturated heterocycles. The Morgan fingerprint density at radius 3 is 2.26 bits per heavy atom. The van der Waals surface area contributed by atoms with Crippen molar-refractivity contribution in [2.24, 2.45) is 0 Å².